The first-order valence-corrected chi connectivity index (χ1v) is 15.3. The van der Waals surface area contributed by atoms with Gasteiger partial charge < -0.3 is 30.3 Å². The van der Waals surface area contributed by atoms with Crippen LogP contribution in [0.2, 0.25) is 0 Å². The fraction of sp³-hybridized carbons (Fsp3) is 0.484. The molecule has 1 saturated heterocycles. The molecule has 0 unspecified atom stereocenters. The summed E-state index contributed by atoms with van der Waals surface area (Å²) in [5, 5.41) is 3.85. The normalized spacial score (nSPS) is 14.2. The number of anilines is 4. The van der Waals surface area contributed by atoms with Crippen molar-refractivity contribution in [3.8, 4) is 11.5 Å². The van der Waals surface area contributed by atoms with Crippen molar-refractivity contribution in [3.05, 3.63) is 52.9 Å². The van der Waals surface area contributed by atoms with Gasteiger partial charge in [0.05, 0.1) is 13.2 Å². The first kappa shape index (κ1) is 32.9. The van der Waals surface area contributed by atoms with Gasteiger partial charge in [-0.05, 0) is 49.5 Å². The van der Waals surface area contributed by atoms with Crippen molar-refractivity contribution >= 4 is 39.4 Å². The summed E-state index contributed by atoms with van der Waals surface area (Å²) in [5.41, 5.74) is 8.70. The van der Waals surface area contributed by atoms with Gasteiger partial charge in [-0.1, -0.05) is 59.3 Å². The second-order valence-corrected chi connectivity index (χ2v) is 9.94. The standard InChI is InChI=1S/C24H27N5O3S.C3H8.2C2H6/c1-28-9-11-29(12-10-28)18-6-4-17(5-7-18)26-24-27-23(25)22(33-24)21(30)16-3-8-19-20(15-16)32-14-2-13-31-19;1-3-2;2*1-2/h3-8,15H,2,9-14,25H2,1H3,(H,26,27);3H2,1-2H3;2*1-2H3. The molecule has 5 rings (SSSR count). The molecule has 3 aromatic rings. The molecule has 0 saturated carbocycles. The lowest BCUT2D eigenvalue weighted by atomic mass is 10.1. The summed E-state index contributed by atoms with van der Waals surface area (Å²) < 4.78 is 11.4. The molecule has 2 aliphatic rings. The molecule has 1 fully saturated rings. The summed E-state index contributed by atoms with van der Waals surface area (Å²) in [5.74, 6) is 1.27. The topological polar surface area (TPSA) is 93.0 Å². The van der Waals surface area contributed by atoms with Crippen LogP contribution in [0.3, 0.4) is 0 Å². The molecule has 2 aliphatic heterocycles. The van der Waals surface area contributed by atoms with Crippen LogP contribution in [0.1, 0.15) is 69.6 Å². The Morgan fingerprint density at radius 1 is 0.950 bits per heavy atom. The smallest absolute Gasteiger partial charge is 0.206 e. The number of carbonyl (C=O) groups excluding carboxylic acids is 1. The molecule has 40 heavy (non-hydrogen) atoms. The molecule has 2 aromatic carbocycles. The number of nitrogens with zero attached hydrogens (tertiary/aromatic N) is 3. The summed E-state index contributed by atoms with van der Waals surface area (Å²) >= 11 is 1.25. The zero-order valence-electron chi connectivity index (χ0n) is 25.3. The molecule has 8 nitrogen and oxygen atoms in total. The van der Waals surface area contributed by atoms with Gasteiger partial charge in [0.25, 0.3) is 0 Å². The van der Waals surface area contributed by atoms with Gasteiger partial charge in [0.2, 0.25) is 5.78 Å². The first-order valence-electron chi connectivity index (χ1n) is 14.5. The van der Waals surface area contributed by atoms with Crippen LogP contribution in [0.5, 0.6) is 11.5 Å². The van der Waals surface area contributed by atoms with E-state index in [0.29, 0.717) is 40.3 Å². The predicted molar refractivity (Wildman–Crippen MR) is 170 cm³/mol. The minimum absolute atomic E-state index is 0.181. The number of nitrogen functional groups attached to an aromatic ring is 1. The highest BCUT2D eigenvalue weighted by Crippen LogP contribution is 2.34. The van der Waals surface area contributed by atoms with Gasteiger partial charge in [-0.25, -0.2) is 4.98 Å². The van der Waals surface area contributed by atoms with Gasteiger partial charge in [0.1, 0.15) is 10.7 Å². The Balaban J connectivity index is 0.000000737. The van der Waals surface area contributed by atoms with Gasteiger partial charge in [-0.15, -0.1) is 0 Å². The average molecular weight is 570 g/mol. The molecule has 0 amide bonds. The minimum atomic E-state index is -0.181. The lowest BCUT2D eigenvalue weighted by molar-refractivity contribution is 0.104. The third-order valence-electron chi connectivity index (χ3n) is 5.86. The molecular formula is C31H47N5O3S. The van der Waals surface area contributed by atoms with Gasteiger partial charge in [0, 0.05) is 49.5 Å². The Morgan fingerprint density at radius 3 is 2.17 bits per heavy atom. The van der Waals surface area contributed by atoms with Crippen LogP contribution < -0.4 is 25.4 Å². The van der Waals surface area contributed by atoms with E-state index in [4.69, 9.17) is 15.2 Å². The quantitative estimate of drug-likeness (QED) is 0.315. The van der Waals surface area contributed by atoms with E-state index in [0.717, 1.165) is 38.3 Å². The van der Waals surface area contributed by atoms with Crippen LogP contribution in [-0.4, -0.2) is 62.1 Å². The number of hydrogen-bond donors (Lipinski definition) is 2. The van der Waals surface area contributed by atoms with E-state index in [-0.39, 0.29) is 11.6 Å². The fourth-order valence-electron chi connectivity index (χ4n) is 3.93. The Morgan fingerprint density at radius 2 is 1.55 bits per heavy atom. The van der Waals surface area contributed by atoms with Crippen LogP contribution in [-0.2, 0) is 0 Å². The molecule has 9 heteroatoms. The van der Waals surface area contributed by atoms with Crippen molar-refractivity contribution in [1.29, 1.82) is 0 Å². The average Bonchev–Trinajstić information content (AvgIpc) is 3.19. The third-order valence-corrected chi connectivity index (χ3v) is 6.84. The Kier molecular flexibility index (Phi) is 14.3. The number of fused-ring (bicyclic) bond motifs is 1. The zero-order valence-corrected chi connectivity index (χ0v) is 26.1. The fourth-order valence-corrected chi connectivity index (χ4v) is 4.79. The lowest BCUT2D eigenvalue weighted by Gasteiger charge is -2.34. The summed E-state index contributed by atoms with van der Waals surface area (Å²) in [6.45, 7) is 17.6. The molecule has 220 valence electrons. The number of aromatic nitrogens is 1. The number of hydrogen-bond acceptors (Lipinski definition) is 9. The van der Waals surface area contributed by atoms with Crippen molar-refractivity contribution in [3.63, 3.8) is 0 Å². The Hall–Kier alpha value is -3.30. The van der Waals surface area contributed by atoms with E-state index >= 15 is 0 Å². The van der Waals surface area contributed by atoms with Gasteiger partial charge in [-0.3, -0.25) is 4.79 Å². The maximum absolute atomic E-state index is 13.1. The van der Waals surface area contributed by atoms with Crippen LogP contribution >= 0.6 is 11.3 Å². The molecule has 0 bridgehead atoms. The number of benzene rings is 2. The number of ketones is 1. The van der Waals surface area contributed by atoms with Crippen LogP contribution in [0.25, 0.3) is 0 Å². The molecule has 1 aromatic heterocycles. The number of piperazine rings is 1. The maximum Gasteiger partial charge on any atom is 0.206 e. The van der Waals surface area contributed by atoms with E-state index in [1.54, 1.807) is 18.2 Å². The summed E-state index contributed by atoms with van der Waals surface area (Å²) in [7, 11) is 2.15. The van der Waals surface area contributed by atoms with Crippen LogP contribution in [0.15, 0.2) is 42.5 Å². The molecule has 0 spiro atoms. The van der Waals surface area contributed by atoms with Gasteiger partial charge >= 0.3 is 0 Å². The molecule has 0 radical (unpaired) electrons. The second kappa shape index (κ2) is 17.4. The number of thiazole rings is 1. The first-order chi connectivity index (χ1) is 19.5. The molecule has 0 aliphatic carbocycles. The molecule has 3 N–H and O–H groups in total. The minimum Gasteiger partial charge on any atom is -0.490 e. The predicted octanol–water partition coefficient (Wildman–Crippen LogP) is 7.08. The monoisotopic (exact) mass is 569 g/mol. The number of rotatable bonds is 5. The highest BCUT2D eigenvalue weighted by atomic mass is 32.1. The van der Waals surface area contributed by atoms with Crippen molar-refractivity contribution in [2.45, 2.75) is 54.4 Å². The van der Waals surface area contributed by atoms with Crippen molar-refractivity contribution in [2.24, 2.45) is 0 Å². The molecular weight excluding hydrogens is 522 g/mol. The van der Waals surface area contributed by atoms with Crippen LogP contribution in [0, 0.1) is 0 Å². The number of nitrogens with two attached hydrogens (primary N) is 1. The highest BCUT2D eigenvalue weighted by molar-refractivity contribution is 7.18. The number of carbonyl (C=O) groups is 1. The van der Waals surface area contributed by atoms with Crippen LogP contribution in [0.4, 0.5) is 22.3 Å². The second-order valence-electron chi connectivity index (χ2n) is 8.94. The van der Waals surface area contributed by atoms with Crippen molar-refractivity contribution in [1.82, 2.24) is 9.88 Å². The third kappa shape index (κ3) is 9.13. The maximum atomic E-state index is 13.1. The Labute approximate surface area is 244 Å². The number of nitrogens with one attached hydrogen (secondary N) is 1. The highest BCUT2D eigenvalue weighted by Gasteiger charge is 2.21. The SMILES string of the molecule is CC.CC.CCC.CN1CCN(c2ccc(Nc3nc(N)c(C(=O)c4ccc5c(c4)OCCCO5)s3)cc2)CC1. The summed E-state index contributed by atoms with van der Waals surface area (Å²) in [6, 6.07) is 13.5. The van der Waals surface area contributed by atoms with Gasteiger partial charge in [-0.2, -0.15) is 0 Å². The van der Waals surface area contributed by atoms with Crippen molar-refractivity contribution < 1.29 is 14.3 Å². The zero-order chi connectivity index (χ0) is 29.5. The number of likely N-dealkylation sites (N-methyl/N-ethyl adjacent to an activating group) is 1. The largest absolute Gasteiger partial charge is 0.490 e. The molecule has 0 atom stereocenters. The molecule has 3 heterocycles. The van der Waals surface area contributed by atoms with E-state index in [2.05, 4.69) is 53.1 Å². The Bertz CT molecular complexity index is 1160. The van der Waals surface area contributed by atoms with E-state index in [9.17, 15) is 4.79 Å². The van der Waals surface area contributed by atoms with E-state index < -0.39 is 0 Å². The van der Waals surface area contributed by atoms with Crippen molar-refractivity contribution in [2.75, 3.05) is 62.4 Å². The van der Waals surface area contributed by atoms with E-state index in [1.165, 1.54) is 23.4 Å². The van der Waals surface area contributed by atoms with E-state index in [1.807, 2.05) is 39.8 Å². The van der Waals surface area contributed by atoms with Gasteiger partial charge in [0.15, 0.2) is 16.6 Å². The number of ether oxygens (including phenoxy) is 2. The lowest BCUT2D eigenvalue weighted by Crippen LogP contribution is -2.44. The summed E-state index contributed by atoms with van der Waals surface area (Å²) in [6.07, 6.45) is 2.06. The summed E-state index contributed by atoms with van der Waals surface area (Å²) in [4.78, 5) is 22.6.